The van der Waals surface area contributed by atoms with E-state index in [2.05, 4.69) is 5.32 Å². The van der Waals surface area contributed by atoms with Crippen molar-refractivity contribution in [2.24, 2.45) is 5.92 Å². The maximum Gasteiger partial charge on any atom is 0.305 e. The fourth-order valence-electron chi connectivity index (χ4n) is 2.02. The molecule has 1 saturated heterocycles. The van der Waals surface area contributed by atoms with Crippen molar-refractivity contribution >= 4 is 11.9 Å². The standard InChI is InChI=1S/C11H20N2O3/c1-3-13(7-5-9(14)15)11(16)10-8(2)4-6-12-10/h8,10,12H,3-7H2,1-2H3,(H,14,15). The zero-order chi connectivity index (χ0) is 12.1. The molecule has 16 heavy (non-hydrogen) atoms. The number of nitrogens with zero attached hydrogens (tertiary/aromatic N) is 1. The van der Waals surface area contributed by atoms with E-state index in [9.17, 15) is 9.59 Å². The lowest BCUT2D eigenvalue weighted by atomic mass is 10.0. The first-order chi connectivity index (χ1) is 7.56. The number of carbonyl (C=O) groups excluding carboxylic acids is 1. The van der Waals surface area contributed by atoms with E-state index in [1.807, 2.05) is 13.8 Å². The van der Waals surface area contributed by atoms with E-state index >= 15 is 0 Å². The molecule has 0 bridgehead atoms. The predicted molar refractivity (Wildman–Crippen MR) is 60.1 cm³/mol. The summed E-state index contributed by atoms with van der Waals surface area (Å²) in [5.74, 6) is -0.487. The Labute approximate surface area is 95.8 Å². The molecule has 0 spiro atoms. The Morgan fingerprint density at radius 2 is 2.19 bits per heavy atom. The lowest BCUT2D eigenvalue weighted by Crippen LogP contribution is -2.46. The molecular formula is C11H20N2O3. The minimum Gasteiger partial charge on any atom is -0.481 e. The van der Waals surface area contributed by atoms with E-state index in [1.54, 1.807) is 4.90 Å². The quantitative estimate of drug-likeness (QED) is 0.710. The first kappa shape index (κ1) is 13.0. The van der Waals surface area contributed by atoms with E-state index in [-0.39, 0.29) is 18.4 Å². The Bertz CT molecular complexity index is 268. The van der Waals surface area contributed by atoms with Crippen LogP contribution in [0.1, 0.15) is 26.7 Å². The van der Waals surface area contributed by atoms with Gasteiger partial charge in [-0.3, -0.25) is 9.59 Å². The molecule has 1 aliphatic rings. The second-order valence-electron chi connectivity index (χ2n) is 4.26. The van der Waals surface area contributed by atoms with Gasteiger partial charge in [0, 0.05) is 13.1 Å². The van der Waals surface area contributed by atoms with E-state index in [0.29, 0.717) is 19.0 Å². The number of carboxylic acids is 1. The Morgan fingerprint density at radius 3 is 2.62 bits per heavy atom. The van der Waals surface area contributed by atoms with E-state index < -0.39 is 5.97 Å². The third-order valence-electron chi connectivity index (χ3n) is 3.09. The van der Waals surface area contributed by atoms with Gasteiger partial charge in [-0.1, -0.05) is 6.92 Å². The number of rotatable bonds is 5. The van der Waals surface area contributed by atoms with Crippen LogP contribution in [0.4, 0.5) is 0 Å². The van der Waals surface area contributed by atoms with Gasteiger partial charge in [0.1, 0.15) is 0 Å². The number of likely N-dealkylation sites (N-methyl/N-ethyl adjacent to an activating group) is 1. The van der Waals surface area contributed by atoms with Crippen LogP contribution < -0.4 is 5.32 Å². The van der Waals surface area contributed by atoms with Crippen LogP contribution in [0, 0.1) is 5.92 Å². The number of hydrogen-bond acceptors (Lipinski definition) is 3. The Kier molecular flexibility index (Phi) is 4.73. The number of hydrogen-bond donors (Lipinski definition) is 2. The monoisotopic (exact) mass is 228 g/mol. The number of carbonyl (C=O) groups is 2. The van der Waals surface area contributed by atoms with Crippen molar-refractivity contribution in [3.05, 3.63) is 0 Å². The SMILES string of the molecule is CCN(CCC(=O)O)C(=O)C1NCCC1C. The van der Waals surface area contributed by atoms with Gasteiger partial charge < -0.3 is 15.3 Å². The van der Waals surface area contributed by atoms with Crippen LogP contribution >= 0.6 is 0 Å². The second kappa shape index (κ2) is 5.84. The molecule has 0 aromatic carbocycles. The van der Waals surface area contributed by atoms with Crippen LogP contribution in [0.25, 0.3) is 0 Å². The van der Waals surface area contributed by atoms with Crippen LogP contribution in [0.5, 0.6) is 0 Å². The molecule has 2 atom stereocenters. The Hall–Kier alpha value is -1.10. The fourth-order valence-corrected chi connectivity index (χ4v) is 2.02. The van der Waals surface area contributed by atoms with Crippen molar-refractivity contribution in [3.8, 4) is 0 Å². The molecule has 0 aromatic rings. The minimum absolute atomic E-state index is 0.0146. The van der Waals surface area contributed by atoms with Gasteiger partial charge in [-0.2, -0.15) is 0 Å². The van der Waals surface area contributed by atoms with E-state index in [4.69, 9.17) is 5.11 Å². The van der Waals surface area contributed by atoms with Crippen molar-refractivity contribution in [2.45, 2.75) is 32.7 Å². The molecule has 0 radical (unpaired) electrons. The van der Waals surface area contributed by atoms with Gasteiger partial charge in [-0.25, -0.2) is 0 Å². The summed E-state index contributed by atoms with van der Waals surface area (Å²) in [6.45, 7) is 5.66. The lowest BCUT2D eigenvalue weighted by Gasteiger charge is -2.25. The summed E-state index contributed by atoms with van der Waals surface area (Å²) in [5, 5.41) is 11.8. The third-order valence-corrected chi connectivity index (χ3v) is 3.09. The summed E-state index contributed by atoms with van der Waals surface area (Å²) in [6.07, 6.45) is 1.02. The second-order valence-corrected chi connectivity index (χ2v) is 4.26. The van der Waals surface area contributed by atoms with Gasteiger partial charge >= 0.3 is 5.97 Å². The Morgan fingerprint density at radius 1 is 1.50 bits per heavy atom. The molecule has 5 nitrogen and oxygen atoms in total. The largest absolute Gasteiger partial charge is 0.481 e. The van der Waals surface area contributed by atoms with Crippen LogP contribution in [0.3, 0.4) is 0 Å². The average molecular weight is 228 g/mol. The summed E-state index contributed by atoms with van der Waals surface area (Å²) in [4.78, 5) is 24.2. The zero-order valence-corrected chi connectivity index (χ0v) is 9.90. The van der Waals surface area contributed by atoms with Crippen LogP contribution in [-0.4, -0.2) is 47.6 Å². The summed E-state index contributed by atoms with van der Waals surface area (Å²) in [5.41, 5.74) is 0. The highest BCUT2D eigenvalue weighted by atomic mass is 16.4. The normalized spacial score (nSPS) is 24.4. The smallest absolute Gasteiger partial charge is 0.305 e. The maximum absolute atomic E-state index is 12.1. The molecule has 1 aliphatic heterocycles. The van der Waals surface area contributed by atoms with E-state index in [0.717, 1.165) is 13.0 Å². The lowest BCUT2D eigenvalue weighted by molar-refractivity contribution is -0.139. The first-order valence-corrected chi connectivity index (χ1v) is 5.80. The molecule has 1 fully saturated rings. The maximum atomic E-state index is 12.1. The number of amides is 1. The molecule has 0 saturated carbocycles. The fraction of sp³-hybridized carbons (Fsp3) is 0.818. The molecular weight excluding hydrogens is 208 g/mol. The number of nitrogens with one attached hydrogen (secondary N) is 1. The highest BCUT2D eigenvalue weighted by Crippen LogP contribution is 2.16. The molecule has 0 aliphatic carbocycles. The number of carboxylic acid groups (broad SMARTS) is 1. The summed E-state index contributed by atoms with van der Waals surface area (Å²) >= 11 is 0. The molecule has 0 aromatic heterocycles. The van der Waals surface area contributed by atoms with E-state index in [1.165, 1.54) is 0 Å². The Balaban J connectivity index is 2.51. The van der Waals surface area contributed by atoms with Crippen molar-refractivity contribution in [1.29, 1.82) is 0 Å². The first-order valence-electron chi connectivity index (χ1n) is 5.80. The van der Waals surface area contributed by atoms with Gasteiger partial charge in [0.15, 0.2) is 0 Å². The molecule has 5 heteroatoms. The molecule has 2 N–H and O–H groups in total. The van der Waals surface area contributed by atoms with Gasteiger partial charge in [-0.05, 0) is 25.8 Å². The summed E-state index contributed by atoms with van der Waals surface area (Å²) < 4.78 is 0. The average Bonchev–Trinajstić information content (AvgIpc) is 2.64. The van der Waals surface area contributed by atoms with Gasteiger partial charge in [0.2, 0.25) is 5.91 Å². The molecule has 92 valence electrons. The van der Waals surface area contributed by atoms with Crippen LogP contribution in [0.15, 0.2) is 0 Å². The minimum atomic E-state index is -0.862. The highest BCUT2D eigenvalue weighted by Gasteiger charge is 2.31. The third kappa shape index (κ3) is 3.20. The van der Waals surface area contributed by atoms with Crippen molar-refractivity contribution in [2.75, 3.05) is 19.6 Å². The van der Waals surface area contributed by atoms with Crippen LogP contribution in [-0.2, 0) is 9.59 Å². The molecule has 1 amide bonds. The topological polar surface area (TPSA) is 69.6 Å². The van der Waals surface area contributed by atoms with Gasteiger partial charge in [0.05, 0.1) is 12.5 Å². The molecule has 1 rings (SSSR count). The zero-order valence-electron chi connectivity index (χ0n) is 9.90. The highest BCUT2D eigenvalue weighted by molar-refractivity contribution is 5.83. The molecule has 1 heterocycles. The number of aliphatic carboxylic acids is 1. The van der Waals surface area contributed by atoms with Crippen molar-refractivity contribution in [1.82, 2.24) is 10.2 Å². The van der Waals surface area contributed by atoms with Crippen molar-refractivity contribution in [3.63, 3.8) is 0 Å². The van der Waals surface area contributed by atoms with Gasteiger partial charge in [-0.15, -0.1) is 0 Å². The van der Waals surface area contributed by atoms with Gasteiger partial charge in [0.25, 0.3) is 0 Å². The summed E-state index contributed by atoms with van der Waals surface area (Å²) in [6, 6.07) is -0.131. The molecule has 2 unspecified atom stereocenters. The predicted octanol–water partition coefficient (Wildman–Crippen LogP) is 0.308. The summed E-state index contributed by atoms with van der Waals surface area (Å²) in [7, 11) is 0. The van der Waals surface area contributed by atoms with Crippen LogP contribution in [0.2, 0.25) is 0 Å². The van der Waals surface area contributed by atoms with Crippen molar-refractivity contribution < 1.29 is 14.7 Å².